The lowest BCUT2D eigenvalue weighted by Crippen LogP contribution is -2.03. The Morgan fingerprint density at radius 3 is 2.75 bits per heavy atom. The number of hydrogen-bond acceptors (Lipinski definition) is 3. The molecule has 0 bridgehead atoms. The van der Waals surface area contributed by atoms with Gasteiger partial charge in [0.15, 0.2) is 0 Å². The molecule has 0 saturated carbocycles. The van der Waals surface area contributed by atoms with Crippen molar-refractivity contribution in [2.45, 2.75) is 32.1 Å². The van der Waals surface area contributed by atoms with E-state index in [1.54, 1.807) is 25.3 Å². The molecule has 0 saturated heterocycles. The van der Waals surface area contributed by atoms with Crippen molar-refractivity contribution < 1.29 is 14.6 Å². The number of hydrogen-bond donors (Lipinski definition) is 1. The molecular weight excluding hydrogens is 258 g/mol. The lowest BCUT2D eigenvalue weighted by Gasteiger charge is -2.08. The first kappa shape index (κ1) is 15.9. The van der Waals surface area contributed by atoms with E-state index in [4.69, 9.17) is 15.4 Å². The molecule has 0 unspecified atom stereocenters. The topological polar surface area (TPSA) is 95.3 Å². The molecule has 1 rings (SSSR count). The van der Waals surface area contributed by atoms with E-state index >= 15 is 0 Å². The number of carbonyl (C=O) groups is 1. The summed E-state index contributed by atoms with van der Waals surface area (Å²) in [7, 11) is 1.56. The molecule has 0 amide bonds. The third-order valence-corrected chi connectivity index (χ3v) is 3.06. The number of carboxylic acid groups (broad SMARTS) is 1. The van der Waals surface area contributed by atoms with Crippen LogP contribution in [-0.2, 0) is 6.42 Å². The van der Waals surface area contributed by atoms with Crippen LogP contribution in [0.5, 0.6) is 5.75 Å². The summed E-state index contributed by atoms with van der Waals surface area (Å²) >= 11 is 0. The zero-order chi connectivity index (χ0) is 14.8. The maximum atomic E-state index is 11.1. The number of benzene rings is 1. The number of ether oxygens (including phenoxy) is 1. The maximum Gasteiger partial charge on any atom is 0.335 e. The molecule has 1 aromatic rings. The number of carboxylic acids is 1. The first-order valence-corrected chi connectivity index (χ1v) is 6.60. The van der Waals surface area contributed by atoms with Crippen molar-refractivity contribution in [1.29, 1.82) is 0 Å². The lowest BCUT2D eigenvalue weighted by molar-refractivity contribution is 0.0695. The van der Waals surface area contributed by atoms with Gasteiger partial charge in [-0.2, -0.15) is 0 Å². The molecular formula is C14H19N3O3. The summed E-state index contributed by atoms with van der Waals surface area (Å²) in [6.07, 6.45) is 4.45. The van der Waals surface area contributed by atoms with Crippen molar-refractivity contribution in [3.63, 3.8) is 0 Å². The Morgan fingerprint density at radius 2 is 2.10 bits per heavy atom. The van der Waals surface area contributed by atoms with Crippen LogP contribution in [-0.4, -0.2) is 24.7 Å². The molecule has 0 radical (unpaired) electrons. The summed E-state index contributed by atoms with van der Waals surface area (Å²) in [4.78, 5) is 13.8. The molecule has 0 heterocycles. The second-order valence-electron chi connectivity index (χ2n) is 4.45. The van der Waals surface area contributed by atoms with Gasteiger partial charge in [0.2, 0.25) is 0 Å². The Morgan fingerprint density at radius 1 is 1.35 bits per heavy atom. The zero-order valence-corrected chi connectivity index (χ0v) is 11.6. The molecule has 1 N–H and O–H groups in total. The fourth-order valence-electron chi connectivity index (χ4n) is 2.01. The van der Waals surface area contributed by atoms with E-state index in [9.17, 15) is 4.79 Å². The Kier molecular flexibility index (Phi) is 7.00. The van der Waals surface area contributed by atoms with E-state index in [2.05, 4.69) is 10.0 Å². The highest BCUT2D eigenvalue weighted by Crippen LogP contribution is 2.20. The average molecular weight is 277 g/mol. The highest BCUT2D eigenvalue weighted by molar-refractivity contribution is 5.89. The van der Waals surface area contributed by atoms with Gasteiger partial charge in [-0.15, -0.1) is 0 Å². The summed E-state index contributed by atoms with van der Waals surface area (Å²) in [5.74, 6) is -0.237. The van der Waals surface area contributed by atoms with Gasteiger partial charge in [-0.25, -0.2) is 4.79 Å². The first-order chi connectivity index (χ1) is 9.69. The number of aryl methyl sites for hydroxylation is 1. The summed E-state index contributed by atoms with van der Waals surface area (Å²) in [5, 5.41) is 12.6. The van der Waals surface area contributed by atoms with Crippen molar-refractivity contribution in [3.8, 4) is 5.75 Å². The van der Waals surface area contributed by atoms with Gasteiger partial charge >= 0.3 is 5.97 Å². The number of nitrogens with zero attached hydrogens (tertiary/aromatic N) is 3. The molecule has 0 aliphatic rings. The lowest BCUT2D eigenvalue weighted by atomic mass is 10.0. The normalized spacial score (nSPS) is 9.85. The molecule has 0 fully saturated rings. The van der Waals surface area contributed by atoms with Crippen LogP contribution >= 0.6 is 0 Å². The molecule has 6 nitrogen and oxygen atoms in total. The number of methoxy groups -OCH3 is 1. The second-order valence-corrected chi connectivity index (χ2v) is 4.45. The predicted octanol–water partition coefficient (Wildman–Crippen LogP) is 3.81. The standard InChI is InChI=1S/C14H19N3O3/c1-20-12-7-8-13(14(18)19)11(10-12)6-4-2-3-5-9-16-17-15/h7-8,10H,2-6,9H2,1H3,(H,18,19). The number of unbranched alkanes of at least 4 members (excludes halogenated alkanes) is 3. The summed E-state index contributed by atoms with van der Waals surface area (Å²) < 4.78 is 5.12. The third-order valence-electron chi connectivity index (χ3n) is 3.06. The van der Waals surface area contributed by atoms with E-state index in [1.807, 2.05) is 0 Å². The minimum absolute atomic E-state index is 0.333. The third kappa shape index (κ3) is 5.20. The van der Waals surface area contributed by atoms with Gasteiger partial charge < -0.3 is 9.84 Å². The fourth-order valence-corrected chi connectivity index (χ4v) is 2.01. The second kappa shape index (κ2) is 8.82. The summed E-state index contributed by atoms with van der Waals surface area (Å²) in [6, 6.07) is 5.02. The number of aromatic carboxylic acids is 1. The van der Waals surface area contributed by atoms with Gasteiger partial charge in [0, 0.05) is 11.5 Å². The van der Waals surface area contributed by atoms with E-state index in [0.717, 1.165) is 31.2 Å². The van der Waals surface area contributed by atoms with Crippen LogP contribution in [0.3, 0.4) is 0 Å². The molecule has 0 atom stereocenters. The quantitative estimate of drug-likeness (QED) is 0.322. The van der Waals surface area contributed by atoms with Crippen molar-refractivity contribution in [2.24, 2.45) is 5.11 Å². The van der Waals surface area contributed by atoms with Crippen LogP contribution in [0.4, 0.5) is 0 Å². The van der Waals surface area contributed by atoms with Gasteiger partial charge in [0.05, 0.1) is 12.7 Å². The van der Waals surface area contributed by atoms with Gasteiger partial charge in [-0.3, -0.25) is 0 Å². The molecule has 20 heavy (non-hydrogen) atoms. The number of rotatable bonds is 9. The van der Waals surface area contributed by atoms with Crippen LogP contribution in [0.1, 0.15) is 41.6 Å². The van der Waals surface area contributed by atoms with E-state index < -0.39 is 5.97 Å². The monoisotopic (exact) mass is 277 g/mol. The number of azide groups is 1. The first-order valence-electron chi connectivity index (χ1n) is 6.60. The van der Waals surface area contributed by atoms with E-state index in [1.165, 1.54) is 0 Å². The van der Waals surface area contributed by atoms with Crippen LogP contribution < -0.4 is 4.74 Å². The Hall–Kier alpha value is -2.20. The average Bonchev–Trinajstić information content (AvgIpc) is 2.45. The molecule has 0 aliphatic heterocycles. The van der Waals surface area contributed by atoms with Gasteiger partial charge in [-0.05, 0) is 48.6 Å². The minimum atomic E-state index is -0.911. The van der Waals surface area contributed by atoms with Gasteiger partial charge in [0.1, 0.15) is 5.75 Å². The fraction of sp³-hybridized carbons (Fsp3) is 0.500. The summed E-state index contributed by atoms with van der Waals surface area (Å²) in [5.41, 5.74) is 9.27. The summed E-state index contributed by atoms with van der Waals surface area (Å²) in [6.45, 7) is 0.524. The molecule has 108 valence electrons. The highest BCUT2D eigenvalue weighted by Gasteiger charge is 2.10. The van der Waals surface area contributed by atoms with E-state index in [0.29, 0.717) is 24.3 Å². The zero-order valence-electron chi connectivity index (χ0n) is 11.6. The van der Waals surface area contributed by atoms with Gasteiger partial charge in [-0.1, -0.05) is 18.0 Å². The van der Waals surface area contributed by atoms with Crippen molar-refractivity contribution >= 4 is 5.97 Å². The SMILES string of the molecule is COc1ccc(C(=O)O)c(CCCCCCN=[N+]=[N-])c1. The molecule has 0 spiro atoms. The Labute approximate surface area is 118 Å². The van der Waals surface area contributed by atoms with E-state index in [-0.39, 0.29) is 0 Å². The molecule has 0 aliphatic carbocycles. The van der Waals surface area contributed by atoms with Crippen LogP contribution in [0.25, 0.3) is 10.4 Å². The highest BCUT2D eigenvalue weighted by atomic mass is 16.5. The molecule has 0 aromatic heterocycles. The Balaban J connectivity index is 2.49. The Bertz CT molecular complexity index is 496. The minimum Gasteiger partial charge on any atom is -0.497 e. The maximum absolute atomic E-state index is 11.1. The molecule has 1 aromatic carbocycles. The van der Waals surface area contributed by atoms with Gasteiger partial charge in [0.25, 0.3) is 0 Å². The van der Waals surface area contributed by atoms with Crippen molar-refractivity contribution in [2.75, 3.05) is 13.7 Å². The predicted molar refractivity (Wildman–Crippen MR) is 76.1 cm³/mol. The smallest absolute Gasteiger partial charge is 0.335 e. The van der Waals surface area contributed by atoms with Crippen LogP contribution in [0, 0.1) is 0 Å². The van der Waals surface area contributed by atoms with Crippen LogP contribution in [0.15, 0.2) is 23.3 Å². The van der Waals surface area contributed by atoms with Crippen molar-refractivity contribution in [3.05, 3.63) is 39.8 Å². The molecule has 6 heteroatoms. The van der Waals surface area contributed by atoms with Crippen LogP contribution in [0.2, 0.25) is 0 Å². The largest absolute Gasteiger partial charge is 0.497 e. The van der Waals surface area contributed by atoms with Crippen molar-refractivity contribution in [1.82, 2.24) is 0 Å².